The van der Waals surface area contributed by atoms with Crippen molar-refractivity contribution in [2.45, 2.75) is 6.42 Å². The number of para-hydroxylation sites is 1. The van der Waals surface area contributed by atoms with Gasteiger partial charge in [-0.1, -0.05) is 42.5 Å². The molecule has 0 saturated carbocycles. The molecule has 0 aliphatic heterocycles. The van der Waals surface area contributed by atoms with E-state index in [1.54, 1.807) is 12.1 Å². The second-order valence-corrected chi connectivity index (χ2v) is 6.04. The van der Waals surface area contributed by atoms with Gasteiger partial charge in [0, 0.05) is 16.9 Å². The second kappa shape index (κ2) is 5.27. The number of fused-ring (bicyclic) bond motifs is 3. The van der Waals surface area contributed by atoms with Crippen molar-refractivity contribution in [2.24, 2.45) is 0 Å². The monoisotopic (exact) mass is 308 g/mol. The lowest BCUT2D eigenvalue weighted by Gasteiger charge is -2.04. The van der Waals surface area contributed by atoms with Crippen LogP contribution < -0.4 is 10.1 Å². The molecule has 1 amide bonds. The van der Waals surface area contributed by atoms with Gasteiger partial charge in [0.15, 0.2) is 5.13 Å². The van der Waals surface area contributed by atoms with Crippen LogP contribution in [0.15, 0.2) is 54.6 Å². The van der Waals surface area contributed by atoms with Gasteiger partial charge in [-0.05, 0) is 17.7 Å². The van der Waals surface area contributed by atoms with E-state index in [-0.39, 0.29) is 0 Å². The fraction of sp³-hybridized carbons (Fsp3) is 0.0588. The Hall–Kier alpha value is -2.66. The first-order valence-corrected chi connectivity index (χ1v) is 7.73. The standard InChI is InChI=1S/C17H12N2O2S/c20-17(21-12-7-2-1-3-8-12)19-16-18-15-13-9-5-4-6-11(13)10-14(15)22-16/h1-9H,10H2,(H,18,19,20). The van der Waals surface area contributed by atoms with Gasteiger partial charge in [-0.15, -0.1) is 11.3 Å². The molecule has 0 saturated heterocycles. The summed E-state index contributed by atoms with van der Waals surface area (Å²) in [6.07, 6.45) is 0.352. The molecule has 4 nitrogen and oxygen atoms in total. The van der Waals surface area contributed by atoms with E-state index in [0.717, 1.165) is 17.7 Å². The summed E-state index contributed by atoms with van der Waals surface area (Å²) in [5, 5.41) is 3.27. The van der Waals surface area contributed by atoms with Gasteiger partial charge in [0.25, 0.3) is 0 Å². The minimum Gasteiger partial charge on any atom is -0.410 e. The van der Waals surface area contributed by atoms with Crippen LogP contribution in [0.5, 0.6) is 5.75 Å². The van der Waals surface area contributed by atoms with Gasteiger partial charge >= 0.3 is 6.09 Å². The number of ether oxygens (including phenoxy) is 1. The average molecular weight is 308 g/mol. The number of rotatable bonds is 2. The summed E-state index contributed by atoms with van der Waals surface area (Å²) in [7, 11) is 0. The van der Waals surface area contributed by atoms with Crippen molar-refractivity contribution in [1.82, 2.24) is 4.98 Å². The Kier molecular flexibility index (Phi) is 3.12. The van der Waals surface area contributed by atoms with E-state index >= 15 is 0 Å². The highest BCUT2D eigenvalue weighted by Gasteiger charge is 2.23. The smallest absolute Gasteiger partial charge is 0.410 e. The number of hydrogen-bond donors (Lipinski definition) is 1. The number of carbonyl (C=O) groups is 1. The van der Waals surface area contributed by atoms with E-state index in [2.05, 4.69) is 22.4 Å². The molecule has 0 unspecified atom stereocenters. The topological polar surface area (TPSA) is 51.2 Å². The quantitative estimate of drug-likeness (QED) is 0.600. The molecule has 1 heterocycles. The molecule has 4 rings (SSSR count). The molecule has 0 spiro atoms. The molecular weight excluding hydrogens is 296 g/mol. The zero-order valence-electron chi connectivity index (χ0n) is 11.6. The van der Waals surface area contributed by atoms with Gasteiger partial charge < -0.3 is 4.74 Å². The van der Waals surface area contributed by atoms with Crippen LogP contribution in [-0.2, 0) is 6.42 Å². The minimum absolute atomic E-state index is 0.509. The molecule has 0 atom stereocenters. The van der Waals surface area contributed by atoms with Crippen LogP contribution in [0.2, 0.25) is 0 Å². The molecule has 1 aliphatic carbocycles. The van der Waals surface area contributed by atoms with E-state index < -0.39 is 6.09 Å². The molecular formula is C17H12N2O2S. The van der Waals surface area contributed by atoms with E-state index in [4.69, 9.17) is 4.74 Å². The summed E-state index contributed by atoms with van der Waals surface area (Å²) < 4.78 is 5.21. The average Bonchev–Trinajstić information content (AvgIpc) is 3.05. The molecule has 5 heteroatoms. The Bertz CT molecular complexity index is 843. The number of thiazole rings is 1. The third-order valence-corrected chi connectivity index (χ3v) is 4.45. The Morgan fingerprint density at radius 1 is 1.09 bits per heavy atom. The molecule has 1 N–H and O–H groups in total. The van der Waals surface area contributed by atoms with Gasteiger partial charge in [-0.25, -0.2) is 9.78 Å². The maximum atomic E-state index is 11.9. The fourth-order valence-corrected chi connectivity index (χ4v) is 3.51. The largest absolute Gasteiger partial charge is 0.418 e. The fourth-order valence-electron chi connectivity index (χ4n) is 2.52. The molecule has 108 valence electrons. The molecule has 1 aromatic heterocycles. The van der Waals surface area contributed by atoms with Crippen molar-refractivity contribution >= 4 is 22.6 Å². The van der Waals surface area contributed by atoms with Crippen molar-refractivity contribution < 1.29 is 9.53 Å². The zero-order chi connectivity index (χ0) is 14.9. The lowest BCUT2D eigenvalue weighted by Crippen LogP contribution is -2.16. The molecule has 0 fully saturated rings. The van der Waals surface area contributed by atoms with Crippen molar-refractivity contribution in [3.63, 3.8) is 0 Å². The number of aromatic nitrogens is 1. The lowest BCUT2D eigenvalue weighted by atomic mass is 10.1. The van der Waals surface area contributed by atoms with Crippen LogP contribution in [0.1, 0.15) is 10.4 Å². The Morgan fingerprint density at radius 2 is 1.86 bits per heavy atom. The second-order valence-electron chi connectivity index (χ2n) is 4.95. The number of hydrogen-bond acceptors (Lipinski definition) is 4. The molecule has 2 aromatic carbocycles. The third kappa shape index (κ3) is 2.35. The summed E-state index contributed by atoms with van der Waals surface area (Å²) in [5.74, 6) is 0.509. The number of amides is 1. The summed E-state index contributed by atoms with van der Waals surface area (Å²) in [4.78, 5) is 17.6. The highest BCUT2D eigenvalue weighted by atomic mass is 32.1. The highest BCUT2D eigenvalue weighted by molar-refractivity contribution is 7.16. The summed E-state index contributed by atoms with van der Waals surface area (Å²) in [6.45, 7) is 0. The zero-order valence-corrected chi connectivity index (χ0v) is 12.4. The van der Waals surface area contributed by atoms with Crippen LogP contribution in [0.25, 0.3) is 11.3 Å². The molecule has 22 heavy (non-hydrogen) atoms. The van der Waals surface area contributed by atoms with Gasteiger partial charge in [0.05, 0.1) is 5.69 Å². The Morgan fingerprint density at radius 3 is 2.73 bits per heavy atom. The number of nitrogens with zero attached hydrogens (tertiary/aromatic N) is 1. The van der Waals surface area contributed by atoms with E-state index in [1.807, 2.05) is 30.3 Å². The molecule has 0 radical (unpaired) electrons. The molecule has 3 aromatic rings. The first kappa shape index (κ1) is 13.0. The van der Waals surface area contributed by atoms with E-state index in [9.17, 15) is 4.79 Å². The predicted octanol–water partition coefficient (Wildman–Crippen LogP) is 4.33. The van der Waals surface area contributed by atoms with Gasteiger partial charge in [-0.2, -0.15) is 0 Å². The number of anilines is 1. The maximum absolute atomic E-state index is 11.9. The van der Waals surface area contributed by atoms with Crippen LogP contribution in [0, 0.1) is 0 Å². The highest BCUT2D eigenvalue weighted by Crippen LogP contribution is 2.40. The number of nitrogens with one attached hydrogen (secondary N) is 1. The molecule has 1 aliphatic rings. The van der Waals surface area contributed by atoms with Crippen molar-refractivity contribution in [1.29, 1.82) is 0 Å². The van der Waals surface area contributed by atoms with E-state index in [0.29, 0.717) is 10.9 Å². The molecule has 0 bridgehead atoms. The van der Waals surface area contributed by atoms with Gasteiger partial charge in [-0.3, -0.25) is 5.32 Å². The van der Waals surface area contributed by atoms with Crippen LogP contribution >= 0.6 is 11.3 Å². The first-order valence-electron chi connectivity index (χ1n) is 6.91. The van der Waals surface area contributed by atoms with E-state index in [1.165, 1.54) is 21.8 Å². The van der Waals surface area contributed by atoms with Gasteiger partial charge in [0.1, 0.15) is 5.75 Å². The summed E-state index contributed by atoms with van der Waals surface area (Å²) in [6, 6.07) is 17.2. The SMILES string of the molecule is O=C(Nc1nc2c(s1)Cc1ccccc1-2)Oc1ccccc1. The van der Waals surface area contributed by atoms with Crippen molar-refractivity contribution in [3.05, 3.63) is 65.0 Å². The minimum atomic E-state index is -0.521. The predicted molar refractivity (Wildman–Crippen MR) is 86.4 cm³/mol. The van der Waals surface area contributed by atoms with Crippen molar-refractivity contribution in [3.8, 4) is 17.0 Å². The third-order valence-electron chi connectivity index (χ3n) is 3.48. The van der Waals surface area contributed by atoms with Crippen LogP contribution in [-0.4, -0.2) is 11.1 Å². The summed E-state index contributed by atoms with van der Waals surface area (Å²) >= 11 is 1.49. The van der Waals surface area contributed by atoms with Crippen LogP contribution in [0.4, 0.5) is 9.93 Å². The Balaban J connectivity index is 1.51. The maximum Gasteiger partial charge on any atom is 0.418 e. The first-order chi connectivity index (χ1) is 10.8. The number of carbonyl (C=O) groups excluding carboxylic acids is 1. The Labute approximate surface area is 131 Å². The normalized spacial score (nSPS) is 11.6. The van der Waals surface area contributed by atoms with Crippen molar-refractivity contribution in [2.75, 3.05) is 5.32 Å². The van der Waals surface area contributed by atoms with Gasteiger partial charge in [0.2, 0.25) is 0 Å². The number of benzene rings is 2. The lowest BCUT2D eigenvalue weighted by molar-refractivity contribution is 0.215. The van der Waals surface area contributed by atoms with Crippen LogP contribution in [0.3, 0.4) is 0 Å². The summed E-state index contributed by atoms with van der Waals surface area (Å²) in [5.41, 5.74) is 3.41.